The molecule has 4 nitrogen and oxygen atoms in total. The van der Waals surface area contributed by atoms with Gasteiger partial charge in [0.1, 0.15) is 11.8 Å². The maximum absolute atomic E-state index is 13.6. The smallest absolute Gasteiger partial charge is 0.287 e. The monoisotopic (exact) mass is 407 g/mol. The number of carbonyl (C=O) groups is 1. The first kappa shape index (κ1) is 19.7. The molecule has 3 aromatic rings. The van der Waals surface area contributed by atoms with Crippen molar-refractivity contribution in [3.63, 3.8) is 0 Å². The van der Waals surface area contributed by atoms with Crippen LogP contribution in [0, 0.1) is 6.92 Å². The van der Waals surface area contributed by atoms with Crippen LogP contribution in [-0.2, 0) is 4.79 Å². The van der Waals surface area contributed by atoms with Crippen LogP contribution in [0.25, 0.3) is 0 Å². The summed E-state index contributed by atoms with van der Waals surface area (Å²) in [7, 11) is 1.63. The third kappa shape index (κ3) is 4.21. The average Bonchev–Trinajstić information content (AvgIpc) is 3.41. The fourth-order valence-electron chi connectivity index (χ4n) is 4.33. The minimum Gasteiger partial charge on any atom is -0.495 e. The molecule has 2 heterocycles. The van der Waals surface area contributed by atoms with Crippen molar-refractivity contribution < 1.29 is 14.4 Å². The zero-order chi connectivity index (χ0) is 20.2. The summed E-state index contributed by atoms with van der Waals surface area (Å²) in [5.41, 5.74) is 2.86. The van der Waals surface area contributed by atoms with Crippen molar-refractivity contribution in [1.29, 1.82) is 0 Å². The Balaban J connectivity index is 1.68. The first-order valence-corrected chi connectivity index (χ1v) is 10.9. The number of anilines is 1. The van der Waals surface area contributed by atoms with E-state index in [2.05, 4.69) is 35.0 Å². The Kier molecular flexibility index (Phi) is 5.97. The Hall–Kier alpha value is -2.63. The predicted octanol–water partition coefficient (Wildman–Crippen LogP) is 4.16. The highest BCUT2D eigenvalue weighted by Crippen LogP contribution is 2.29. The van der Waals surface area contributed by atoms with Gasteiger partial charge in [-0.25, -0.2) is 0 Å². The van der Waals surface area contributed by atoms with Crippen molar-refractivity contribution in [2.75, 3.05) is 19.0 Å². The summed E-state index contributed by atoms with van der Waals surface area (Å²) in [5, 5.41) is 5.29. The van der Waals surface area contributed by atoms with Crippen LogP contribution in [0.4, 0.5) is 5.69 Å². The van der Waals surface area contributed by atoms with Gasteiger partial charge in [0.05, 0.1) is 24.2 Å². The summed E-state index contributed by atoms with van der Waals surface area (Å²) in [6, 6.07) is 20.4. The van der Waals surface area contributed by atoms with E-state index in [0.29, 0.717) is 11.8 Å². The van der Waals surface area contributed by atoms with Crippen LogP contribution in [0.2, 0.25) is 0 Å². The fraction of sp³-hybridized carbons (Fsp3) is 0.292. The Labute approximate surface area is 176 Å². The Morgan fingerprint density at radius 3 is 2.72 bits per heavy atom. The normalized spacial score (nSPS) is 19.7. The summed E-state index contributed by atoms with van der Waals surface area (Å²) in [6.45, 7) is 3.00. The zero-order valence-electron chi connectivity index (χ0n) is 16.9. The number of methoxy groups -OCH3 is 1. The van der Waals surface area contributed by atoms with Crippen molar-refractivity contribution in [1.82, 2.24) is 0 Å². The van der Waals surface area contributed by atoms with Crippen molar-refractivity contribution in [3.8, 4) is 5.75 Å². The topological polar surface area (TPSA) is 42.8 Å². The van der Waals surface area contributed by atoms with Crippen molar-refractivity contribution in [2.45, 2.75) is 31.8 Å². The minimum atomic E-state index is -0.268. The second-order valence-corrected chi connectivity index (χ2v) is 8.55. The van der Waals surface area contributed by atoms with E-state index < -0.39 is 0 Å². The lowest BCUT2D eigenvalue weighted by Gasteiger charge is -2.29. The Morgan fingerprint density at radius 2 is 2.00 bits per heavy atom. The second kappa shape index (κ2) is 8.80. The number of benzene rings is 2. The molecule has 1 aromatic heterocycles. The summed E-state index contributed by atoms with van der Waals surface area (Å²) < 4.78 is 5.47. The molecule has 2 N–H and O–H groups in total. The molecule has 29 heavy (non-hydrogen) atoms. The largest absolute Gasteiger partial charge is 0.495 e. The number of hydrogen-bond donors (Lipinski definition) is 2. The van der Waals surface area contributed by atoms with E-state index in [1.165, 1.54) is 9.78 Å². The molecule has 1 saturated heterocycles. The van der Waals surface area contributed by atoms with E-state index in [9.17, 15) is 4.79 Å². The highest BCUT2D eigenvalue weighted by molar-refractivity contribution is 7.10. The van der Waals surface area contributed by atoms with Crippen molar-refractivity contribution in [2.24, 2.45) is 0 Å². The minimum absolute atomic E-state index is 0.0126. The van der Waals surface area contributed by atoms with Crippen LogP contribution in [0.5, 0.6) is 5.75 Å². The molecular formula is C24H27N2O2S+. The highest BCUT2D eigenvalue weighted by Gasteiger charge is 2.41. The van der Waals surface area contributed by atoms with Gasteiger partial charge in [0, 0.05) is 18.4 Å². The molecule has 150 valence electrons. The SMILES string of the molecule is COc1ccc(C)cc1NC(=O)[C@H](c1ccccc1)[NH+]1CCC[C@@H]1c1cccs1. The first-order valence-electron chi connectivity index (χ1n) is 10.1. The molecule has 0 spiro atoms. The van der Waals surface area contributed by atoms with E-state index in [4.69, 9.17) is 4.74 Å². The zero-order valence-corrected chi connectivity index (χ0v) is 17.7. The number of carbonyl (C=O) groups excluding carboxylic acids is 1. The molecule has 0 bridgehead atoms. The van der Waals surface area contributed by atoms with Gasteiger partial charge < -0.3 is 15.0 Å². The number of likely N-dealkylation sites (tertiary alicyclic amines) is 1. The number of hydrogen-bond acceptors (Lipinski definition) is 3. The molecule has 4 rings (SSSR count). The van der Waals surface area contributed by atoms with E-state index in [0.717, 1.165) is 36.2 Å². The van der Waals surface area contributed by atoms with E-state index >= 15 is 0 Å². The third-order valence-electron chi connectivity index (χ3n) is 5.67. The van der Waals surface area contributed by atoms with Gasteiger partial charge in [-0.1, -0.05) is 42.5 Å². The number of quaternary nitrogens is 1. The van der Waals surface area contributed by atoms with Crippen molar-refractivity contribution >= 4 is 22.9 Å². The molecule has 0 radical (unpaired) electrons. The summed E-state index contributed by atoms with van der Waals surface area (Å²) in [5.74, 6) is 0.695. The maximum Gasteiger partial charge on any atom is 0.287 e. The van der Waals surface area contributed by atoms with Crippen LogP contribution in [0.15, 0.2) is 66.0 Å². The molecule has 1 aliphatic rings. The lowest BCUT2D eigenvalue weighted by molar-refractivity contribution is -0.939. The number of ether oxygens (including phenoxy) is 1. The quantitative estimate of drug-likeness (QED) is 0.644. The van der Waals surface area contributed by atoms with Crippen LogP contribution in [-0.4, -0.2) is 19.6 Å². The lowest BCUT2D eigenvalue weighted by atomic mass is 10.0. The molecule has 2 aromatic carbocycles. The predicted molar refractivity (Wildman–Crippen MR) is 118 cm³/mol. The van der Waals surface area contributed by atoms with Gasteiger partial charge in [0.15, 0.2) is 6.04 Å². The maximum atomic E-state index is 13.6. The molecule has 0 saturated carbocycles. The number of rotatable bonds is 6. The van der Waals surface area contributed by atoms with Crippen molar-refractivity contribution in [3.05, 3.63) is 82.0 Å². The summed E-state index contributed by atoms with van der Waals surface area (Å²) >= 11 is 1.79. The van der Waals surface area contributed by atoms with Gasteiger partial charge in [-0.3, -0.25) is 4.79 Å². The van der Waals surface area contributed by atoms with Crippen LogP contribution < -0.4 is 15.0 Å². The van der Waals surface area contributed by atoms with E-state index in [1.54, 1.807) is 18.4 Å². The lowest BCUT2D eigenvalue weighted by Crippen LogP contribution is -3.11. The third-order valence-corrected chi connectivity index (χ3v) is 6.66. The molecule has 3 atom stereocenters. The van der Waals surface area contributed by atoms with Gasteiger partial charge in [-0.2, -0.15) is 0 Å². The number of aryl methyl sites for hydroxylation is 1. The molecule has 5 heteroatoms. The van der Waals surface area contributed by atoms with Gasteiger partial charge in [0.25, 0.3) is 5.91 Å². The fourth-order valence-corrected chi connectivity index (χ4v) is 5.24. The second-order valence-electron chi connectivity index (χ2n) is 7.57. The van der Waals surface area contributed by atoms with Crippen LogP contribution in [0.1, 0.15) is 40.9 Å². The van der Waals surface area contributed by atoms with Gasteiger partial charge in [0.2, 0.25) is 0 Å². The average molecular weight is 408 g/mol. The summed E-state index contributed by atoms with van der Waals surface area (Å²) in [6.07, 6.45) is 2.24. The number of thiophene rings is 1. The molecule has 1 unspecified atom stereocenters. The highest BCUT2D eigenvalue weighted by atomic mass is 32.1. The summed E-state index contributed by atoms with van der Waals surface area (Å²) in [4.78, 5) is 16.3. The molecule has 1 aliphatic heterocycles. The van der Waals surface area contributed by atoms with E-state index in [1.807, 2.05) is 43.3 Å². The first-order chi connectivity index (χ1) is 14.2. The number of nitrogens with one attached hydrogen (secondary N) is 2. The molecule has 1 amide bonds. The van der Waals surface area contributed by atoms with Crippen LogP contribution >= 0.6 is 11.3 Å². The van der Waals surface area contributed by atoms with Gasteiger partial charge in [-0.15, -0.1) is 11.3 Å². The molecule has 0 aliphatic carbocycles. The standard InChI is InChI=1S/C24H26N2O2S/c1-17-12-13-21(28-2)19(16-17)25-24(27)23(18-8-4-3-5-9-18)26-14-6-10-20(26)22-11-7-15-29-22/h3-5,7-9,11-13,15-16,20,23H,6,10,14H2,1-2H3,(H,25,27)/p+1/t20-,23+/m1/s1. The van der Waals surface area contributed by atoms with Gasteiger partial charge in [-0.05, 0) is 36.1 Å². The number of amides is 1. The molecule has 1 fully saturated rings. The molecular weight excluding hydrogens is 380 g/mol. The van der Waals surface area contributed by atoms with Crippen LogP contribution in [0.3, 0.4) is 0 Å². The Bertz CT molecular complexity index is 956. The van der Waals surface area contributed by atoms with E-state index in [-0.39, 0.29) is 11.9 Å². The Morgan fingerprint density at radius 1 is 1.17 bits per heavy atom. The van der Waals surface area contributed by atoms with Gasteiger partial charge >= 0.3 is 0 Å².